The summed E-state index contributed by atoms with van der Waals surface area (Å²) in [5.74, 6) is -0.766. The Morgan fingerprint density at radius 3 is 2.17 bits per heavy atom. The minimum Gasteiger partial charge on any atom is -0.352 e. The standard InChI is InChI=1S/C22H23F3N2O2/c1-15(14-18-8-11-19(12-9-18)22(23,24)25)26-21(29)16(2)27-20(28)13-10-17-6-4-3-5-7-17/h3-13,15-16H,14H2,1-2H3,(H,26,29)(H,27,28)/b13-10+. The lowest BCUT2D eigenvalue weighted by Crippen LogP contribution is -2.47. The average Bonchev–Trinajstić information content (AvgIpc) is 2.66. The second-order valence-corrected chi connectivity index (χ2v) is 6.78. The van der Waals surface area contributed by atoms with Crippen molar-refractivity contribution >= 4 is 17.9 Å². The maximum atomic E-state index is 12.6. The van der Waals surface area contributed by atoms with Gasteiger partial charge in [0.15, 0.2) is 0 Å². The highest BCUT2D eigenvalue weighted by Gasteiger charge is 2.30. The highest BCUT2D eigenvalue weighted by atomic mass is 19.4. The van der Waals surface area contributed by atoms with Gasteiger partial charge < -0.3 is 10.6 Å². The third-order valence-electron chi connectivity index (χ3n) is 4.19. The van der Waals surface area contributed by atoms with E-state index in [1.807, 2.05) is 30.3 Å². The Morgan fingerprint density at radius 1 is 0.966 bits per heavy atom. The minimum atomic E-state index is -4.37. The molecule has 0 saturated carbocycles. The van der Waals surface area contributed by atoms with E-state index in [1.165, 1.54) is 18.2 Å². The van der Waals surface area contributed by atoms with E-state index in [2.05, 4.69) is 10.6 Å². The first kappa shape index (κ1) is 22.2. The molecule has 4 nitrogen and oxygen atoms in total. The Kier molecular flexibility index (Phi) is 7.59. The molecular weight excluding hydrogens is 381 g/mol. The van der Waals surface area contributed by atoms with Crippen LogP contribution in [-0.4, -0.2) is 23.9 Å². The maximum Gasteiger partial charge on any atom is 0.416 e. The van der Waals surface area contributed by atoms with Crippen LogP contribution < -0.4 is 10.6 Å². The van der Waals surface area contributed by atoms with E-state index in [0.717, 1.165) is 17.7 Å². The number of nitrogens with one attached hydrogen (secondary N) is 2. The molecule has 0 radical (unpaired) electrons. The molecule has 0 saturated heterocycles. The smallest absolute Gasteiger partial charge is 0.352 e. The zero-order valence-electron chi connectivity index (χ0n) is 16.2. The van der Waals surface area contributed by atoms with Gasteiger partial charge in [-0.1, -0.05) is 42.5 Å². The molecule has 0 aliphatic heterocycles. The molecule has 0 spiro atoms. The molecule has 154 valence electrons. The minimum absolute atomic E-state index is 0.307. The van der Waals surface area contributed by atoms with Gasteiger partial charge in [0.1, 0.15) is 6.04 Å². The molecule has 0 aliphatic carbocycles. The lowest BCUT2D eigenvalue weighted by atomic mass is 10.0. The number of hydrogen-bond donors (Lipinski definition) is 2. The van der Waals surface area contributed by atoms with Crippen molar-refractivity contribution in [2.45, 2.75) is 38.5 Å². The van der Waals surface area contributed by atoms with Crippen molar-refractivity contribution in [3.05, 3.63) is 77.4 Å². The van der Waals surface area contributed by atoms with Crippen LogP contribution in [0, 0.1) is 0 Å². The number of halogens is 3. The van der Waals surface area contributed by atoms with Crippen molar-refractivity contribution < 1.29 is 22.8 Å². The third-order valence-corrected chi connectivity index (χ3v) is 4.19. The summed E-state index contributed by atoms with van der Waals surface area (Å²) < 4.78 is 37.8. The fourth-order valence-corrected chi connectivity index (χ4v) is 2.67. The molecule has 2 aromatic rings. The Morgan fingerprint density at radius 2 is 1.59 bits per heavy atom. The number of amides is 2. The molecule has 0 bridgehead atoms. The van der Waals surface area contributed by atoms with Crippen molar-refractivity contribution in [1.29, 1.82) is 0 Å². The summed E-state index contributed by atoms with van der Waals surface area (Å²) >= 11 is 0. The summed E-state index contributed by atoms with van der Waals surface area (Å²) in [5, 5.41) is 5.33. The number of rotatable bonds is 7. The van der Waals surface area contributed by atoms with Crippen LogP contribution in [0.4, 0.5) is 13.2 Å². The first-order chi connectivity index (χ1) is 13.6. The van der Waals surface area contributed by atoms with Gasteiger partial charge in [-0.2, -0.15) is 13.2 Å². The highest BCUT2D eigenvalue weighted by Crippen LogP contribution is 2.29. The van der Waals surface area contributed by atoms with E-state index in [9.17, 15) is 22.8 Å². The van der Waals surface area contributed by atoms with Gasteiger partial charge in [0.2, 0.25) is 11.8 Å². The van der Waals surface area contributed by atoms with Gasteiger partial charge in [-0.25, -0.2) is 0 Å². The van der Waals surface area contributed by atoms with Gasteiger partial charge in [0.05, 0.1) is 5.56 Å². The second-order valence-electron chi connectivity index (χ2n) is 6.78. The predicted octanol–water partition coefficient (Wildman–Crippen LogP) is 3.97. The largest absolute Gasteiger partial charge is 0.416 e. The van der Waals surface area contributed by atoms with Gasteiger partial charge in [-0.05, 0) is 49.6 Å². The van der Waals surface area contributed by atoms with E-state index < -0.39 is 23.7 Å². The monoisotopic (exact) mass is 404 g/mol. The summed E-state index contributed by atoms with van der Waals surface area (Å²) in [7, 11) is 0. The molecule has 0 heterocycles. The van der Waals surface area contributed by atoms with Crippen LogP contribution in [0.2, 0.25) is 0 Å². The van der Waals surface area contributed by atoms with Gasteiger partial charge >= 0.3 is 6.18 Å². The van der Waals surface area contributed by atoms with Crippen LogP contribution in [0.1, 0.15) is 30.5 Å². The van der Waals surface area contributed by atoms with E-state index in [-0.39, 0.29) is 11.9 Å². The first-order valence-electron chi connectivity index (χ1n) is 9.15. The summed E-state index contributed by atoms with van der Waals surface area (Å²) in [6, 6.07) is 13.0. The van der Waals surface area contributed by atoms with Crippen LogP contribution in [0.15, 0.2) is 60.7 Å². The third kappa shape index (κ3) is 7.44. The topological polar surface area (TPSA) is 58.2 Å². The summed E-state index contributed by atoms with van der Waals surface area (Å²) in [6.45, 7) is 3.31. The lowest BCUT2D eigenvalue weighted by Gasteiger charge is -2.18. The molecule has 2 unspecified atom stereocenters. The lowest BCUT2D eigenvalue weighted by molar-refractivity contribution is -0.137. The quantitative estimate of drug-likeness (QED) is 0.686. The second kappa shape index (κ2) is 9.91. The van der Waals surface area contributed by atoms with Gasteiger partial charge in [-0.3, -0.25) is 9.59 Å². The molecule has 0 aliphatic rings. The normalized spacial score (nSPS) is 13.7. The van der Waals surface area contributed by atoms with Crippen LogP contribution in [0.5, 0.6) is 0 Å². The number of carbonyl (C=O) groups excluding carboxylic acids is 2. The molecule has 29 heavy (non-hydrogen) atoms. The first-order valence-corrected chi connectivity index (χ1v) is 9.15. The van der Waals surface area contributed by atoms with Crippen molar-refractivity contribution in [2.75, 3.05) is 0 Å². The van der Waals surface area contributed by atoms with Crippen molar-refractivity contribution in [3.8, 4) is 0 Å². The molecule has 2 rings (SSSR count). The Labute approximate surface area is 167 Å². The van der Waals surface area contributed by atoms with E-state index in [4.69, 9.17) is 0 Å². The number of hydrogen-bond acceptors (Lipinski definition) is 2. The Bertz CT molecular complexity index is 847. The molecule has 0 aromatic heterocycles. The summed E-state index contributed by atoms with van der Waals surface area (Å²) in [4.78, 5) is 24.2. The fourth-order valence-electron chi connectivity index (χ4n) is 2.67. The molecule has 0 fully saturated rings. The SMILES string of the molecule is CC(Cc1ccc(C(F)(F)F)cc1)NC(=O)C(C)NC(=O)/C=C/c1ccccc1. The van der Waals surface area contributed by atoms with Crippen LogP contribution >= 0.6 is 0 Å². The molecule has 2 N–H and O–H groups in total. The van der Waals surface area contributed by atoms with Crippen molar-refractivity contribution in [2.24, 2.45) is 0 Å². The molecule has 2 atom stereocenters. The zero-order chi connectivity index (χ0) is 21.4. The van der Waals surface area contributed by atoms with Crippen LogP contribution in [-0.2, 0) is 22.2 Å². The summed E-state index contributed by atoms with van der Waals surface area (Å²) in [6.07, 6.45) is -1.00. The fraction of sp³-hybridized carbons (Fsp3) is 0.273. The van der Waals surface area contributed by atoms with Gasteiger partial charge in [0.25, 0.3) is 0 Å². The van der Waals surface area contributed by atoms with Gasteiger partial charge in [0, 0.05) is 12.1 Å². The number of alkyl halides is 3. The maximum absolute atomic E-state index is 12.6. The van der Waals surface area contributed by atoms with Crippen molar-refractivity contribution in [1.82, 2.24) is 10.6 Å². The van der Waals surface area contributed by atoms with E-state index in [1.54, 1.807) is 19.9 Å². The number of benzene rings is 2. The average molecular weight is 404 g/mol. The Hall–Kier alpha value is -3.09. The van der Waals surface area contributed by atoms with Crippen LogP contribution in [0.3, 0.4) is 0 Å². The molecule has 7 heteroatoms. The van der Waals surface area contributed by atoms with E-state index in [0.29, 0.717) is 12.0 Å². The van der Waals surface area contributed by atoms with Gasteiger partial charge in [-0.15, -0.1) is 0 Å². The Balaban J connectivity index is 1.82. The predicted molar refractivity (Wildman–Crippen MR) is 106 cm³/mol. The van der Waals surface area contributed by atoms with Crippen molar-refractivity contribution in [3.63, 3.8) is 0 Å². The molecule has 2 aromatic carbocycles. The molecular formula is C22H23F3N2O2. The van der Waals surface area contributed by atoms with E-state index >= 15 is 0 Å². The summed E-state index contributed by atoms with van der Waals surface area (Å²) in [5.41, 5.74) is 0.830. The zero-order valence-corrected chi connectivity index (χ0v) is 16.2. The highest BCUT2D eigenvalue weighted by molar-refractivity contribution is 5.95. The molecule has 2 amide bonds. The van der Waals surface area contributed by atoms with Crippen LogP contribution in [0.25, 0.3) is 6.08 Å². The number of carbonyl (C=O) groups is 2.